The molecule has 33 heavy (non-hydrogen) atoms. The number of benzene rings is 5. The molecule has 0 saturated heterocycles. The van der Waals surface area contributed by atoms with Gasteiger partial charge in [-0.25, -0.2) is 4.98 Å². The lowest BCUT2D eigenvalue weighted by Gasteiger charge is -2.10. The smallest absolute Gasteiger partial charge is 0.181 e. The second-order valence-corrected chi connectivity index (χ2v) is 9.48. The summed E-state index contributed by atoms with van der Waals surface area (Å²) in [5.41, 5.74) is 5.20. The van der Waals surface area contributed by atoms with Crippen molar-refractivity contribution >= 4 is 75.2 Å². The number of thiophene rings is 1. The zero-order valence-electron chi connectivity index (χ0n) is 17.4. The summed E-state index contributed by atoms with van der Waals surface area (Å²) in [6, 6.07) is 32.6. The van der Waals surface area contributed by atoms with Gasteiger partial charge in [0.15, 0.2) is 12.0 Å². The van der Waals surface area contributed by atoms with Gasteiger partial charge in [-0.2, -0.15) is 0 Å². The number of fused-ring (bicyclic) bond motifs is 11. The molecule has 0 aliphatic rings. The molecule has 0 fully saturated rings. The van der Waals surface area contributed by atoms with Crippen molar-refractivity contribution in [2.45, 2.75) is 0 Å². The molecule has 0 atom stereocenters. The number of aromatic nitrogens is 2. The summed E-state index contributed by atoms with van der Waals surface area (Å²) < 4.78 is 10.7. The summed E-state index contributed by atoms with van der Waals surface area (Å²) in [6.07, 6.45) is 1.51. The first-order valence-corrected chi connectivity index (χ1v) is 11.8. The monoisotopic (exact) mass is 440 g/mol. The first kappa shape index (κ1) is 17.4. The zero-order valence-corrected chi connectivity index (χ0v) is 18.3. The van der Waals surface area contributed by atoms with E-state index < -0.39 is 0 Å². The van der Waals surface area contributed by atoms with E-state index in [0.29, 0.717) is 0 Å². The third-order valence-electron chi connectivity index (χ3n) is 6.72. The number of rotatable bonds is 1. The van der Waals surface area contributed by atoms with Crippen LogP contribution in [0.2, 0.25) is 0 Å². The molecule has 0 aliphatic heterocycles. The lowest BCUT2D eigenvalue weighted by atomic mass is 9.99. The minimum atomic E-state index is 0.798. The van der Waals surface area contributed by atoms with Gasteiger partial charge in [0.25, 0.3) is 0 Å². The van der Waals surface area contributed by atoms with Crippen molar-refractivity contribution in [1.82, 2.24) is 9.55 Å². The Bertz CT molecular complexity index is 2040. The minimum absolute atomic E-state index is 0.798. The number of hydrogen-bond donors (Lipinski definition) is 0. The second-order valence-electron chi connectivity index (χ2n) is 8.43. The third kappa shape index (κ3) is 2.21. The highest BCUT2D eigenvalue weighted by atomic mass is 32.1. The molecule has 8 rings (SSSR count). The van der Waals surface area contributed by atoms with Gasteiger partial charge in [0.1, 0.15) is 5.52 Å². The maximum Gasteiger partial charge on any atom is 0.181 e. The van der Waals surface area contributed by atoms with Crippen molar-refractivity contribution in [2.24, 2.45) is 0 Å². The van der Waals surface area contributed by atoms with Gasteiger partial charge in [0.05, 0.1) is 21.4 Å². The molecule has 0 radical (unpaired) electrons. The van der Waals surface area contributed by atoms with Gasteiger partial charge in [-0.3, -0.25) is 0 Å². The van der Waals surface area contributed by atoms with Crippen molar-refractivity contribution < 1.29 is 4.42 Å². The first-order chi connectivity index (χ1) is 16.4. The Labute approximate surface area is 192 Å². The minimum Gasteiger partial charge on any atom is -0.443 e. The van der Waals surface area contributed by atoms with E-state index in [4.69, 9.17) is 4.42 Å². The third-order valence-corrected chi connectivity index (χ3v) is 7.90. The Hall–Kier alpha value is -4.15. The van der Waals surface area contributed by atoms with Crippen LogP contribution < -0.4 is 0 Å². The maximum absolute atomic E-state index is 5.66. The zero-order chi connectivity index (χ0) is 21.5. The number of oxazole rings is 1. The van der Waals surface area contributed by atoms with Gasteiger partial charge in [0.2, 0.25) is 0 Å². The van der Waals surface area contributed by atoms with Crippen molar-refractivity contribution in [3.8, 4) is 5.69 Å². The van der Waals surface area contributed by atoms with E-state index >= 15 is 0 Å². The van der Waals surface area contributed by atoms with Crippen LogP contribution in [0.15, 0.2) is 102 Å². The fraction of sp³-hybridized carbons (Fsp3) is 0. The predicted molar refractivity (Wildman–Crippen MR) is 139 cm³/mol. The quantitative estimate of drug-likeness (QED) is 0.256. The van der Waals surface area contributed by atoms with Crippen LogP contribution in [0.25, 0.3) is 69.5 Å². The van der Waals surface area contributed by atoms with Crippen LogP contribution in [0.5, 0.6) is 0 Å². The first-order valence-electron chi connectivity index (χ1n) is 11.0. The number of hydrogen-bond acceptors (Lipinski definition) is 3. The Balaban J connectivity index is 1.71. The van der Waals surface area contributed by atoms with Crippen LogP contribution in [-0.4, -0.2) is 9.55 Å². The molecule has 0 amide bonds. The predicted octanol–water partition coefficient (Wildman–Crippen LogP) is 8.45. The van der Waals surface area contributed by atoms with E-state index in [1.165, 1.54) is 59.1 Å². The molecular formula is C29H16N2OS. The van der Waals surface area contributed by atoms with Crippen LogP contribution >= 0.6 is 11.3 Å². The van der Waals surface area contributed by atoms with Crippen LogP contribution in [0.1, 0.15) is 0 Å². The molecule has 0 unspecified atom stereocenters. The molecule has 4 heteroatoms. The molecule has 0 N–H and O–H groups in total. The van der Waals surface area contributed by atoms with Crippen molar-refractivity contribution in [1.29, 1.82) is 0 Å². The molecule has 3 aromatic heterocycles. The van der Waals surface area contributed by atoms with E-state index in [0.717, 1.165) is 16.8 Å². The summed E-state index contributed by atoms with van der Waals surface area (Å²) in [7, 11) is 0. The molecule has 5 aromatic carbocycles. The lowest BCUT2D eigenvalue weighted by molar-refractivity contribution is 0.602. The van der Waals surface area contributed by atoms with Gasteiger partial charge in [-0.05, 0) is 35.0 Å². The van der Waals surface area contributed by atoms with E-state index in [9.17, 15) is 0 Å². The summed E-state index contributed by atoms with van der Waals surface area (Å²) >= 11 is 1.88. The topological polar surface area (TPSA) is 31.0 Å². The lowest BCUT2D eigenvalue weighted by Crippen LogP contribution is -1.94. The molecule has 154 valence electrons. The Morgan fingerprint density at radius 1 is 0.697 bits per heavy atom. The van der Waals surface area contributed by atoms with E-state index in [1.807, 2.05) is 17.4 Å². The number of para-hydroxylation sites is 1. The Morgan fingerprint density at radius 2 is 1.42 bits per heavy atom. The SMILES string of the molecule is c1ccc2c(c1)sc1c2c2ccccc2c2c3ccccc3n(-c3ccc4ncoc4c3)c12. The van der Waals surface area contributed by atoms with Gasteiger partial charge >= 0.3 is 0 Å². The molecule has 0 bridgehead atoms. The van der Waals surface area contributed by atoms with Crippen LogP contribution in [-0.2, 0) is 0 Å². The summed E-state index contributed by atoms with van der Waals surface area (Å²) in [6.45, 7) is 0. The molecule has 0 spiro atoms. The van der Waals surface area contributed by atoms with Gasteiger partial charge in [-0.1, -0.05) is 60.7 Å². The second kappa shape index (κ2) is 6.21. The fourth-order valence-electron chi connectivity index (χ4n) is 5.38. The highest BCUT2D eigenvalue weighted by molar-refractivity contribution is 7.27. The largest absolute Gasteiger partial charge is 0.443 e. The van der Waals surface area contributed by atoms with E-state index in [1.54, 1.807) is 0 Å². The Morgan fingerprint density at radius 3 is 2.30 bits per heavy atom. The summed E-state index contributed by atoms with van der Waals surface area (Å²) in [4.78, 5) is 4.31. The van der Waals surface area contributed by atoms with Crippen LogP contribution in [0, 0.1) is 0 Å². The molecule has 3 heterocycles. The molecular weight excluding hydrogens is 424 g/mol. The van der Waals surface area contributed by atoms with Gasteiger partial charge in [0, 0.05) is 32.3 Å². The highest BCUT2D eigenvalue weighted by Crippen LogP contribution is 2.47. The highest BCUT2D eigenvalue weighted by Gasteiger charge is 2.21. The van der Waals surface area contributed by atoms with Crippen molar-refractivity contribution in [3.05, 3.63) is 97.4 Å². The summed E-state index contributed by atoms with van der Waals surface area (Å²) in [5.74, 6) is 0. The van der Waals surface area contributed by atoms with E-state index in [-0.39, 0.29) is 0 Å². The summed E-state index contributed by atoms with van der Waals surface area (Å²) in [5, 5.41) is 7.82. The fourth-order valence-corrected chi connectivity index (χ4v) is 6.64. The average Bonchev–Trinajstić information content (AvgIpc) is 3.57. The molecule has 0 saturated carbocycles. The standard InChI is InChI=1S/C29H16N2OS/c1-2-8-19-18(7-1)26-20-9-3-5-11-23(20)31(17-13-14-22-24(15-17)32-16-30-22)28(26)29-27(19)21-10-4-6-12-25(21)33-29/h1-16H. The molecule has 3 nitrogen and oxygen atoms in total. The number of nitrogens with zero attached hydrogens (tertiary/aromatic N) is 2. The molecule has 0 aliphatic carbocycles. The van der Waals surface area contributed by atoms with Crippen molar-refractivity contribution in [3.63, 3.8) is 0 Å². The van der Waals surface area contributed by atoms with E-state index in [2.05, 4.69) is 94.5 Å². The average molecular weight is 441 g/mol. The van der Waals surface area contributed by atoms with Crippen molar-refractivity contribution in [2.75, 3.05) is 0 Å². The normalized spacial score (nSPS) is 12.2. The van der Waals surface area contributed by atoms with Gasteiger partial charge in [-0.15, -0.1) is 11.3 Å². The van der Waals surface area contributed by atoms with Crippen LogP contribution in [0.4, 0.5) is 0 Å². The van der Waals surface area contributed by atoms with Crippen LogP contribution in [0.3, 0.4) is 0 Å². The van der Waals surface area contributed by atoms with Gasteiger partial charge < -0.3 is 8.98 Å². The maximum atomic E-state index is 5.66. The molecule has 8 aromatic rings. The Kier molecular flexibility index (Phi) is 3.28.